The molecule has 1 aliphatic rings. The van der Waals surface area contributed by atoms with Crippen LogP contribution in [-0.2, 0) is 25.4 Å². The van der Waals surface area contributed by atoms with Crippen LogP contribution in [0.2, 0.25) is 0 Å². The first-order chi connectivity index (χ1) is 13.3. The molecule has 0 heterocycles. The van der Waals surface area contributed by atoms with Crippen LogP contribution in [0, 0.1) is 5.41 Å². The second-order valence-corrected chi connectivity index (χ2v) is 9.03. The Morgan fingerprint density at radius 1 is 1.14 bits per heavy atom. The summed E-state index contributed by atoms with van der Waals surface area (Å²) in [6, 6.07) is 8.52. The van der Waals surface area contributed by atoms with Crippen molar-refractivity contribution in [3.05, 3.63) is 35.9 Å². The van der Waals surface area contributed by atoms with Crippen LogP contribution >= 0.6 is 0 Å². The van der Waals surface area contributed by atoms with Crippen LogP contribution in [0.25, 0.3) is 0 Å². The standard InChI is InChI=1S/C14H27NO2.C7H8O3S/c1-2-3-10-17-13(16)11-14(12-15)8-6-4-5-7-9-14;8-11(9,10)6-7-4-2-1-3-5-7/h2-12,15H2,1H3;1-5H,6H2,(H,8,9,10). The molecular formula is C21H35NO5S. The highest BCUT2D eigenvalue weighted by atomic mass is 32.2. The SMILES string of the molecule is CCCCOC(=O)CC1(CN)CCCCCC1.O=S(=O)(O)Cc1ccccc1. The van der Waals surface area contributed by atoms with E-state index in [4.69, 9.17) is 15.0 Å². The number of carbonyl (C=O) groups is 1. The fourth-order valence-corrected chi connectivity index (χ4v) is 4.02. The third-order valence-electron chi connectivity index (χ3n) is 5.07. The van der Waals surface area contributed by atoms with E-state index in [1.807, 2.05) is 0 Å². The number of rotatable bonds is 8. The number of benzene rings is 1. The van der Waals surface area contributed by atoms with Gasteiger partial charge < -0.3 is 10.5 Å². The van der Waals surface area contributed by atoms with Gasteiger partial charge in [0.2, 0.25) is 0 Å². The summed E-state index contributed by atoms with van der Waals surface area (Å²) in [7, 11) is -3.88. The lowest BCUT2D eigenvalue weighted by Gasteiger charge is -2.30. The lowest BCUT2D eigenvalue weighted by atomic mass is 9.77. The number of nitrogens with two attached hydrogens (primary N) is 1. The first-order valence-corrected chi connectivity index (χ1v) is 11.8. The lowest BCUT2D eigenvalue weighted by molar-refractivity contribution is -0.146. The summed E-state index contributed by atoms with van der Waals surface area (Å²) in [4.78, 5) is 11.8. The molecule has 0 atom stereocenters. The molecule has 6 nitrogen and oxygen atoms in total. The Morgan fingerprint density at radius 3 is 2.25 bits per heavy atom. The van der Waals surface area contributed by atoms with Crippen LogP contribution in [0.4, 0.5) is 0 Å². The summed E-state index contributed by atoms with van der Waals surface area (Å²) < 4.78 is 34.4. The molecule has 3 N–H and O–H groups in total. The highest BCUT2D eigenvalue weighted by Gasteiger charge is 2.32. The average molecular weight is 414 g/mol. The molecule has 0 radical (unpaired) electrons. The zero-order valence-electron chi connectivity index (χ0n) is 16.9. The van der Waals surface area contributed by atoms with Crippen LogP contribution in [0.15, 0.2) is 30.3 Å². The summed E-state index contributed by atoms with van der Waals surface area (Å²) in [5.41, 5.74) is 6.52. The fraction of sp³-hybridized carbons (Fsp3) is 0.667. The van der Waals surface area contributed by atoms with Gasteiger partial charge in [-0.25, -0.2) is 0 Å². The van der Waals surface area contributed by atoms with Crippen LogP contribution in [0.3, 0.4) is 0 Å². The first-order valence-electron chi connectivity index (χ1n) is 10.1. The summed E-state index contributed by atoms with van der Waals surface area (Å²) in [5, 5.41) is 0. The summed E-state index contributed by atoms with van der Waals surface area (Å²) in [6.07, 6.45) is 9.71. The number of unbranched alkanes of at least 4 members (excludes halogenated alkanes) is 1. The maximum Gasteiger partial charge on any atom is 0.306 e. The number of carbonyl (C=O) groups excluding carboxylic acids is 1. The molecule has 0 unspecified atom stereocenters. The molecule has 0 amide bonds. The van der Waals surface area contributed by atoms with E-state index in [1.54, 1.807) is 30.3 Å². The molecule has 2 rings (SSSR count). The Kier molecular flexibility index (Phi) is 11.3. The van der Waals surface area contributed by atoms with Crippen molar-refractivity contribution in [2.24, 2.45) is 11.1 Å². The topological polar surface area (TPSA) is 107 Å². The molecule has 1 saturated carbocycles. The molecule has 28 heavy (non-hydrogen) atoms. The van der Waals surface area contributed by atoms with Crippen molar-refractivity contribution in [2.45, 2.75) is 70.5 Å². The molecule has 0 aliphatic heterocycles. The van der Waals surface area contributed by atoms with Crippen molar-refractivity contribution in [2.75, 3.05) is 13.2 Å². The predicted octanol–water partition coefficient (Wildman–Crippen LogP) is 4.09. The third-order valence-corrected chi connectivity index (χ3v) is 5.77. The second kappa shape index (κ2) is 12.9. The predicted molar refractivity (Wildman–Crippen MR) is 111 cm³/mol. The number of hydrogen-bond donors (Lipinski definition) is 2. The largest absolute Gasteiger partial charge is 0.466 e. The van der Waals surface area contributed by atoms with Crippen LogP contribution in [0.1, 0.15) is 70.3 Å². The van der Waals surface area contributed by atoms with Crippen molar-refractivity contribution in [3.63, 3.8) is 0 Å². The van der Waals surface area contributed by atoms with Crippen molar-refractivity contribution in [1.82, 2.24) is 0 Å². The Morgan fingerprint density at radius 2 is 1.75 bits per heavy atom. The van der Waals surface area contributed by atoms with E-state index in [0.29, 0.717) is 25.1 Å². The Hall–Kier alpha value is -1.44. The van der Waals surface area contributed by atoms with E-state index < -0.39 is 10.1 Å². The van der Waals surface area contributed by atoms with Crippen LogP contribution < -0.4 is 5.73 Å². The van der Waals surface area contributed by atoms with Crippen molar-refractivity contribution >= 4 is 16.1 Å². The van der Waals surface area contributed by atoms with Gasteiger partial charge in [-0.3, -0.25) is 9.35 Å². The van der Waals surface area contributed by atoms with Gasteiger partial charge in [-0.2, -0.15) is 8.42 Å². The minimum absolute atomic E-state index is 0.0276. The van der Waals surface area contributed by atoms with E-state index >= 15 is 0 Å². The van der Waals surface area contributed by atoms with Gasteiger partial charge in [-0.15, -0.1) is 0 Å². The molecular weight excluding hydrogens is 378 g/mol. The van der Waals surface area contributed by atoms with E-state index in [0.717, 1.165) is 25.7 Å². The monoisotopic (exact) mass is 413 g/mol. The lowest BCUT2D eigenvalue weighted by Crippen LogP contribution is -2.33. The van der Waals surface area contributed by atoms with Gasteiger partial charge in [0, 0.05) is 0 Å². The first kappa shape index (κ1) is 24.6. The smallest absolute Gasteiger partial charge is 0.306 e. The molecule has 1 aromatic rings. The highest BCUT2D eigenvalue weighted by molar-refractivity contribution is 7.85. The van der Waals surface area contributed by atoms with Gasteiger partial charge in [0.25, 0.3) is 10.1 Å². The maximum atomic E-state index is 11.8. The van der Waals surface area contributed by atoms with Gasteiger partial charge in [0.15, 0.2) is 0 Å². The Labute approximate surface area is 169 Å². The Balaban J connectivity index is 0.000000307. The summed E-state index contributed by atoms with van der Waals surface area (Å²) in [5.74, 6) is -0.362. The Bertz CT molecular complexity index is 653. The normalized spacial score (nSPS) is 16.4. The van der Waals surface area contributed by atoms with Crippen molar-refractivity contribution in [1.29, 1.82) is 0 Å². The number of esters is 1. The molecule has 1 aliphatic carbocycles. The molecule has 0 spiro atoms. The maximum absolute atomic E-state index is 11.8. The fourth-order valence-electron chi connectivity index (χ4n) is 3.40. The van der Waals surface area contributed by atoms with Gasteiger partial charge >= 0.3 is 5.97 Å². The molecule has 1 aromatic carbocycles. The van der Waals surface area contributed by atoms with Crippen molar-refractivity contribution in [3.8, 4) is 0 Å². The second-order valence-electron chi connectivity index (χ2n) is 7.58. The van der Waals surface area contributed by atoms with Gasteiger partial charge in [-0.1, -0.05) is 69.4 Å². The minimum atomic E-state index is -3.88. The highest BCUT2D eigenvalue weighted by Crippen LogP contribution is 2.37. The molecule has 0 bridgehead atoms. The van der Waals surface area contributed by atoms with E-state index in [9.17, 15) is 13.2 Å². The molecule has 160 valence electrons. The van der Waals surface area contributed by atoms with Crippen LogP contribution in [0.5, 0.6) is 0 Å². The van der Waals surface area contributed by atoms with E-state index in [2.05, 4.69) is 6.92 Å². The molecule has 0 saturated heterocycles. The zero-order chi connectivity index (χ0) is 20.9. The quantitative estimate of drug-likeness (QED) is 0.288. The summed E-state index contributed by atoms with van der Waals surface area (Å²) in [6.45, 7) is 3.28. The summed E-state index contributed by atoms with van der Waals surface area (Å²) >= 11 is 0. The molecule has 0 aromatic heterocycles. The minimum Gasteiger partial charge on any atom is -0.466 e. The van der Waals surface area contributed by atoms with E-state index in [-0.39, 0.29) is 17.1 Å². The average Bonchev–Trinajstić information content (AvgIpc) is 2.88. The van der Waals surface area contributed by atoms with Crippen LogP contribution in [-0.4, -0.2) is 32.1 Å². The molecule has 7 heteroatoms. The molecule has 1 fully saturated rings. The van der Waals surface area contributed by atoms with Gasteiger partial charge in [0.05, 0.1) is 13.0 Å². The number of ether oxygens (including phenoxy) is 1. The van der Waals surface area contributed by atoms with Crippen molar-refractivity contribution < 1.29 is 22.5 Å². The zero-order valence-corrected chi connectivity index (χ0v) is 17.8. The van der Waals surface area contributed by atoms with E-state index in [1.165, 1.54) is 25.7 Å². The van der Waals surface area contributed by atoms with Gasteiger partial charge in [0.1, 0.15) is 5.75 Å². The number of hydrogen-bond acceptors (Lipinski definition) is 5. The third kappa shape index (κ3) is 10.8. The van der Waals surface area contributed by atoms with Gasteiger partial charge in [-0.05, 0) is 36.8 Å².